The van der Waals surface area contributed by atoms with Gasteiger partial charge in [0.15, 0.2) is 0 Å². The second-order valence-corrected chi connectivity index (χ2v) is 8.62. The second-order valence-electron chi connectivity index (χ2n) is 7.20. The van der Waals surface area contributed by atoms with Gasteiger partial charge in [0.1, 0.15) is 11.0 Å². The van der Waals surface area contributed by atoms with Crippen molar-refractivity contribution in [2.24, 2.45) is 17.6 Å². The van der Waals surface area contributed by atoms with Crippen LogP contribution in [-0.2, 0) is 11.0 Å². The molecule has 0 bridgehead atoms. The maximum absolute atomic E-state index is 12.9. The van der Waals surface area contributed by atoms with Crippen LogP contribution in [-0.4, -0.2) is 27.1 Å². The Morgan fingerprint density at radius 1 is 1.41 bits per heavy atom. The molecule has 1 saturated heterocycles. The van der Waals surface area contributed by atoms with Crippen molar-refractivity contribution in [3.05, 3.63) is 22.6 Å². The minimum Gasteiger partial charge on any atom is -0.330 e. The zero-order chi connectivity index (χ0) is 16.4. The van der Waals surface area contributed by atoms with Gasteiger partial charge in [-0.3, -0.25) is 0 Å². The van der Waals surface area contributed by atoms with Crippen LogP contribution in [0.25, 0.3) is 0 Å². The van der Waals surface area contributed by atoms with Gasteiger partial charge in [0, 0.05) is 12.1 Å². The van der Waals surface area contributed by atoms with E-state index in [1.54, 1.807) is 0 Å². The number of hydrogen-bond donors (Lipinski definition) is 1. The van der Waals surface area contributed by atoms with Crippen LogP contribution in [0.4, 0.5) is 0 Å². The Bertz CT molecular complexity index is 485. The van der Waals surface area contributed by atoms with E-state index in [0.717, 1.165) is 24.2 Å². The fourth-order valence-corrected chi connectivity index (χ4v) is 5.40. The topological polar surface area (TPSA) is 46.3 Å². The zero-order valence-corrected chi connectivity index (χ0v) is 15.4. The van der Waals surface area contributed by atoms with Gasteiger partial charge >= 0.3 is 0 Å². The standard InChI is InChI=1S/C18H32N2OS/c1-6-7-12(2)8-13(3)20-14(4)9-17(15(5)22(20)21)18-10-16(18)11-19/h12-14,16H,5-11,19H2,1-4H3. The van der Waals surface area contributed by atoms with Crippen LogP contribution in [0.15, 0.2) is 22.6 Å². The van der Waals surface area contributed by atoms with E-state index in [2.05, 4.69) is 38.6 Å². The van der Waals surface area contributed by atoms with E-state index < -0.39 is 11.0 Å². The Labute approximate surface area is 138 Å². The second kappa shape index (κ2) is 7.41. The summed E-state index contributed by atoms with van der Waals surface area (Å²) in [5.74, 6) is 1.20. The molecule has 0 aromatic heterocycles. The summed E-state index contributed by atoms with van der Waals surface area (Å²) in [4.78, 5) is 0.832. The summed E-state index contributed by atoms with van der Waals surface area (Å²) < 4.78 is 15.1. The van der Waals surface area contributed by atoms with Gasteiger partial charge < -0.3 is 5.73 Å². The van der Waals surface area contributed by atoms with Gasteiger partial charge in [-0.1, -0.05) is 38.8 Å². The highest BCUT2D eigenvalue weighted by Crippen LogP contribution is 2.46. The fraction of sp³-hybridized carbons (Fsp3) is 0.778. The largest absolute Gasteiger partial charge is 0.330 e. The molecule has 2 aliphatic rings. The van der Waals surface area contributed by atoms with E-state index in [1.807, 2.05) is 0 Å². The molecule has 1 aliphatic carbocycles. The number of nitrogens with zero attached hydrogens (tertiary/aromatic N) is 1. The highest BCUT2D eigenvalue weighted by atomic mass is 32.2. The first-order valence-corrected chi connectivity index (χ1v) is 9.82. The molecule has 22 heavy (non-hydrogen) atoms. The molecule has 2 rings (SSSR count). The summed E-state index contributed by atoms with van der Waals surface area (Å²) in [5.41, 5.74) is 8.43. The summed E-state index contributed by atoms with van der Waals surface area (Å²) in [6.07, 6.45) is 5.62. The predicted octanol–water partition coefficient (Wildman–Crippen LogP) is 3.75. The molecule has 4 heteroatoms. The maximum Gasteiger partial charge on any atom is 0.127 e. The molecule has 0 aromatic rings. The Morgan fingerprint density at radius 3 is 2.64 bits per heavy atom. The Morgan fingerprint density at radius 2 is 2.09 bits per heavy atom. The first-order valence-electron chi connectivity index (χ1n) is 8.72. The maximum atomic E-state index is 12.9. The van der Waals surface area contributed by atoms with Gasteiger partial charge in [0.2, 0.25) is 0 Å². The molecule has 2 fully saturated rings. The normalized spacial score (nSPS) is 35.5. The SMILES string of the molecule is C=C1C(=C2CC2CN)CC(C)N(C(C)CC(C)CCC)S1=O. The van der Waals surface area contributed by atoms with Gasteiger partial charge in [-0.25, -0.2) is 8.51 Å². The van der Waals surface area contributed by atoms with E-state index in [-0.39, 0.29) is 0 Å². The van der Waals surface area contributed by atoms with Crippen molar-refractivity contribution >= 4 is 11.0 Å². The lowest BCUT2D eigenvalue weighted by molar-refractivity contribution is 0.245. The monoisotopic (exact) mass is 324 g/mol. The molecule has 3 nitrogen and oxygen atoms in total. The number of allylic oxidation sites excluding steroid dienone is 1. The zero-order valence-electron chi connectivity index (χ0n) is 14.6. The molecule has 0 radical (unpaired) electrons. The van der Waals surface area contributed by atoms with Crippen LogP contribution in [0.2, 0.25) is 0 Å². The molecule has 5 atom stereocenters. The van der Waals surface area contributed by atoms with Crippen molar-refractivity contribution in [3.63, 3.8) is 0 Å². The van der Waals surface area contributed by atoms with Crippen molar-refractivity contribution < 1.29 is 4.21 Å². The van der Waals surface area contributed by atoms with Gasteiger partial charge in [0.05, 0.1) is 4.91 Å². The molecule has 0 aromatic carbocycles. The van der Waals surface area contributed by atoms with E-state index >= 15 is 0 Å². The van der Waals surface area contributed by atoms with E-state index in [0.29, 0.717) is 30.5 Å². The van der Waals surface area contributed by atoms with Crippen molar-refractivity contribution in [1.82, 2.24) is 4.31 Å². The minimum atomic E-state index is -1.09. The third-order valence-corrected chi connectivity index (χ3v) is 6.87. The van der Waals surface area contributed by atoms with Gasteiger partial charge in [0.25, 0.3) is 0 Å². The summed E-state index contributed by atoms with van der Waals surface area (Å²) in [6.45, 7) is 13.8. The molecule has 126 valence electrons. The van der Waals surface area contributed by atoms with Crippen LogP contribution in [0.1, 0.15) is 59.8 Å². The van der Waals surface area contributed by atoms with Crippen molar-refractivity contribution in [2.75, 3.05) is 6.54 Å². The summed E-state index contributed by atoms with van der Waals surface area (Å²) in [7, 11) is -1.09. The van der Waals surface area contributed by atoms with Crippen molar-refractivity contribution in [1.29, 1.82) is 0 Å². The molecule has 1 aliphatic heterocycles. The Hall–Kier alpha value is -0.450. The minimum absolute atomic E-state index is 0.316. The quantitative estimate of drug-likeness (QED) is 0.809. The molecule has 0 spiro atoms. The van der Waals surface area contributed by atoms with Crippen LogP contribution < -0.4 is 5.73 Å². The predicted molar refractivity (Wildman–Crippen MR) is 95.5 cm³/mol. The van der Waals surface area contributed by atoms with E-state index in [9.17, 15) is 4.21 Å². The van der Waals surface area contributed by atoms with Gasteiger partial charge in [-0.2, -0.15) is 0 Å². The molecule has 1 saturated carbocycles. The molecule has 5 unspecified atom stereocenters. The van der Waals surface area contributed by atoms with Crippen LogP contribution in [0.5, 0.6) is 0 Å². The van der Waals surface area contributed by atoms with Crippen molar-refractivity contribution in [3.8, 4) is 0 Å². The molecular weight excluding hydrogens is 292 g/mol. The molecule has 1 heterocycles. The summed E-state index contributed by atoms with van der Waals surface area (Å²) >= 11 is 0. The van der Waals surface area contributed by atoms with E-state index in [1.165, 1.54) is 24.0 Å². The van der Waals surface area contributed by atoms with Crippen LogP contribution >= 0.6 is 0 Å². The summed E-state index contributed by atoms with van der Waals surface area (Å²) in [5, 5.41) is 0. The fourth-order valence-electron chi connectivity index (χ4n) is 3.90. The molecule has 0 amide bonds. The number of rotatable bonds is 6. The molecular formula is C18H32N2OS. The molecule has 2 N–H and O–H groups in total. The lowest BCUT2D eigenvalue weighted by atomic mass is 9.96. The third-order valence-electron chi connectivity index (χ3n) is 5.10. The smallest absolute Gasteiger partial charge is 0.127 e. The Balaban J connectivity index is 2.08. The first kappa shape index (κ1) is 17.9. The number of hydrogen-bond acceptors (Lipinski definition) is 2. The summed E-state index contributed by atoms with van der Waals surface area (Å²) in [6, 6.07) is 0.655. The van der Waals surface area contributed by atoms with Crippen molar-refractivity contribution in [2.45, 2.75) is 71.9 Å². The van der Waals surface area contributed by atoms with Gasteiger partial charge in [-0.15, -0.1) is 0 Å². The van der Waals surface area contributed by atoms with Crippen LogP contribution in [0, 0.1) is 11.8 Å². The lowest BCUT2D eigenvalue weighted by Crippen LogP contribution is -2.46. The highest BCUT2D eigenvalue weighted by Gasteiger charge is 2.40. The first-order chi connectivity index (χ1) is 10.4. The highest BCUT2D eigenvalue weighted by molar-refractivity contribution is 7.87. The average Bonchev–Trinajstić information content (AvgIpc) is 3.22. The van der Waals surface area contributed by atoms with Crippen LogP contribution in [0.3, 0.4) is 0 Å². The third kappa shape index (κ3) is 3.72. The Kier molecular flexibility index (Phi) is 6.03. The average molecular weight is 325 g/mol. The van der Waals surface area contributed by atoms with Gasteiger partial charge in [-0.05, 0) is 57.1 Å². The lowest BCUT2D eigenvalue weighted by Gasteiger charge is -2.39. The van der Waals surface area contributed by atoms with E-state index in [4.69, 9.17) is 5.73 Å². The number of nitrogens with two attached hydrogens (primary N) is 1.